The Hall–Kier alpha value is -2.85. The van der Waals surface area contributed by atoms with Gasteiger partial charge >= 0.3 is 0 Å². The zero-order valence-electron chi connectivity index (χ0n) is 18.0. The fourth-order valence-corrected chi connectivity index (χ4v) is 5.82. The maximum atomic E-state index is 12.6. The molecule has 1 atom stereocenters. The lowest BCUT2D eigenvalue weighted by atomic mass is 9.88. The van der Waals surface area contributed by atoms with Gasteiger partial charge in [0, 0.05) is 11.9 Å². The van der Waals surface area contributed by atoms with Crippen molar-refractivity contribution in [2.24, 2.45) is 18.7 Å². The second-order valence-electron chi connectivity index (χ2n) is 7.82. The van der Waals surface area contributed by atoms with Gasteiger partial charge in [0.2, 0.25) is 5.91 Å². The number of aromatic nitrogens is 3. The van der Waals surface area contributed by atoms with Crippen molar-refractivity contribution >= 4 is 39.9 Å². The molecule has 0 saturated carbocycles. The summed E-state index contributed by atoms with van der Waals surface area (Å²) in [4.78, 5) is 25.8. The van der Waals surface area contributed by atoms with Crippen LogP contribution in [0.4, 0.5) is 5.00 Å². The second kappa shape index (κ2) is 9.74. The summed E-state index contributed by atoms with van der Waals surface area (Å²) < 4.78 is 7.53. The number of carbonyl (C=O) groups excluding carboxylic acids is 2. The monoisotopic (exact) mass is 471 g/mol. The Morgan fingerprint density at radius 2 is 2.09 bits per heavy atom. The molecule has 32 heavy (non-hydrogen) atoms. The van der Waals surface area contributed by atoms with Gasteiger partial charge in [0.1, 0.15) is 17.4 Å². The highest BCUT2D eigenvalue weighted by molar-refractivity contribution is 7.99. The minimum Gasteiger partial charge on any atom is -0.486 e. The van der Waals surface area contributed by atoms with Gasteiger partial charge in [-0.05, 0) is 42.9 Å². The van der Waals surface area contributed by atoms with Gasteiger partial charge in [-0.25, -0.2) is 0 Å². The van der Waals surface area contributed by atoms with E-state index >= 15 is 0 Å². The molecule has 1 aliphatic rings. The van der Waals surface area contributed by atoms with Gasteiger partial charge < -0.3 is 20.4 Å². The summed E-state index contributed by atoms with van der Waals surface area (Å²) in [6.07, 6.45) is 2.76. The number of hydrogen-bond acceptors (Lipinski definition) is 7. The van der Waals surface area contributed by atoms with Crippen molar-refractivity contribution in [2.75, 3.05) is 11.1 Å². The van der Waals surface area contributed by atoms with Crippen LogP contribution in [0, 0.1) is 5.92 Å². The summed E-state index contributed by atoms with van der Waals surface area (Å²) in [5.41, 5.74) is 7.10. The van der Waals surface area contributed by atoms with Crippen molar-refractivity contribution in [1.82, 2.24) is 14.8 Å². The maximum absolute atomic E-state index is 12.6. The van der Waals surface area contributed by atoms with E-state index < -0.39 is 5.91 Å². The Labute approximate surface area is 194 Å². The van der Waals surface area contributed by atoms with Crippen LogP contribution >= 0.6 is 23.1 Å². The quantitative estimate of drug-likeness (QED) is 0.487. The van der Waals surface area contributed by atoms with E-state index in [4.69, 9.17) is 10.5 Å². The molecule has 2 amide bonds. The number of nitrogens with two attached hydrogens (primary N) is 1. The molecule has 0 aliphatic heterocycles. The third kappa shape index (κ3) is 4.97. The molecule has 168 valence electrons. The number of nitrogens with zero attached hydrogens (tertiary/aromatic N) is 3. The number of primary amides is 1. The summed E-state index contributed by atoms with van der Waals surface area (Å²) in [5.74, 6) is 1.42. The number of ether oxygens (including phenoxy) is 1. The van der Waals surface area contributed by atoms with Gasteiger partial charge in [-0.15, -0.1) is 21.5 Å². The first-order chi connectivity index (χ1) is 15.4. The smallest absolute Gasteiger partial charge is 0.251 e. The average molecular weight is 472 g/mol. The third-order valence-corrected chi connectivity index (χ3v) is 7.57. The summed E-state index contributed by atoms with van der Waals surface area (Å²) in [5, 5.41) is 12.4. The van der Waals surface area contributed by atoms with Gasteiger partial charge in [0.25, 0.3) is 5.91 Å². The summed E-state index contributed by atoms with van der Waals surface area (Å²) >= 11 is 2.74. The minimum atomic E-state index is -0.489. The summed E-state index contributed by atoms with van der Waals surface area (Å²) in [6, 6.07) is 9.48. The molecule has 1 aromatic carbocycles. The molecule has 0 spiro atoms. The molecule has 3 N–H and O–H groups in total. The number of amides is 2. The number of hydrogen-bond donors (Lipinski definition) is 2. The van der Waals surface area contributed by atoms with E-state index in [1.54, 1.807) is 4.57 Å². The molecule has 2 heterocycles. The van der Waals surface area contributed by atoms with Crippen LogP contribution in [0.15, 0.2) is 35.5 Å². The van der Waals surface area contributed by atoms with E-state index in [-0.39, 0.29) is 18.3 Å². The number of anilines is 1. The highest BCUT2D eigenvalue weighted by Crippen LogP contribution is 2.39. The molecule has 1 unspecified atom stereocenters. The molecular formula is C22H25N5O3S2. The van der Waals surface area contributed by atoms with Crippen LogP contribution in [0.25, 0.3) is 0 Å². The van der Waals surface area contributed by atoms with Crippen molar-refractivity contribution in [3.05, 3.63) is 52.2 Å². The fourth-order valence-electron chi connectivity index (χ4n) is 3.65. The molecule has 3 aromatic rings. The van der Waals surface area contributed by atoms with Gasteiger partial charge in [-0.1, -0.05) is 36.9 Å². The lowest BCUT2D eigenvalue weighted by Crippen LogP contribution is -2.20. The lowest BCUT2D eigenvalue weighted by Gasteiger charge is -2.18. The van der Waals surface area contributed by atoms with E-state index in [0.717, 1.165) is 35.5 Å². The van der Waals surface area contributed by atoms with Crippen molar-refractivity contribution in [3.8, 4) is 5.75 Å². The van der Waals surface area contributed by atoms with Crippen LogP contribution in [-0.4, -0.2) is 32.3 Å². The Morgan fingerprint density at radius 3 is 2.84 bits per heavy atom. The first-order valence-corrected chi connectivity index (χ1v) is 12.2. The zero-order chi connectivity index (χ0) is 22.7. The zero-order valence-corrected chi connectivity index (χ0v) is 19.6. The Balaban J connectivity index is 1.37. The number of nitrogens with one attached hydrogen (secondary N) is 1. The number of carbonyl (C=O) groups is 2. The molecule has 1 aliphatic carbocycles. The topological polar surface area (TPSA) is 112 Å². The predicted octanol–water partition coefficient (Wildman–Crippen LogP) is 3.41. The highest BCUT2D eigenvalue weighted by Gasteiger charge is 2.27. The SMILES string of the molecule is CC1CCc2c(sc(NC(=O)CSc3nnc(COc4ccccc4)n3C)c2C(N)=O)C1. The van der Waals surface area contributed by atoms with Crippen LogP contribution in [0.3, 0.4) is 0 Å². The van der Waals surface area contributed by atoms with Crippen LogP contribution in [0.2, 0.25) is 0 Å². The number of rotatable bonds is 8. The van der Waals surface area contributed by atoms with Crippen molar-refractivity contribution in [3.63, 3.8) is 0 Å². The van der Waals surface area contributed by atoms with E-state index in [9.17, 15) is 9.59 Å². The van der Waals surface area contributed by atoms with Gasteiger partial charge in [-0.3, -0.25) is 9.59 Å². The van der Waals surface area contributed by atoms with Gasteiger partial charge in [-0.2, -0.15) is 0 Å². The first kappa shape index (κ1) is 22.3. The molecule has 0 radical (unpaired) electrons. The normalized spacial score (nSPS) is 15.2. The molecular weight excluding hydrogens is 446 g/mol. The largest absolute Gasteiger partial charge is 0.486 e. The average Bonchev–Trinajstić information content (AvgIpc) is 3.30. The van der Waals surface area contributed by atoms with Crippen LogP contribution in [0.1, 0.15) is 40.0 Å². The van der Waals surface area contributed by atoms with E-state index in [2.05, 4.69) is 22.4 Å². The third-order valence-electron chi connectivity index (χ3n) is 5.38. The van der Waals surface area contributed by atoms with Gasteiger partial charge in [0.05, 0.1) is 11.3 Å². The Kier molecular flexibility index (Phi) is 6.80. The predicted molar refractivity (Wildman–Crippen MR) is 125 cm³/mol. The maximum Gasteiger partial charge on any atom is 0.251 e. The number of thioether (sulfide) groups is 1. The lowest BCUT2D eigenvalue weighted by molar-refractivity contribution is -0.113. The molecule has 0 fully saturated rings. The van der Waals surface area contributed by atoms with Crippen LogP contribution < -0.4 is 15.8 Å². The summed E-state index contributed by atoms with van der Waals surface area (Å²) in [6.45, 7) is 2.48. The van der Waals surface area contributed by atoms with Crippen molar-refractivity contribution in [2.45, 2.75) is 37.9 Å². The molecule has 8 nitrogen and oxygen atoms in total. The minimum absolute atomic E-state index is 0.142. The molecule has 2 aromatic heterocycles. The Morgan fingerprint density at radius 1 is 1.31 bits per heavy atom. The summed E-state index contributed by atoms with van der Waals surface area (Å²) in [7, 11) is 1.84. The molecule has 4 rings (SSSR count). The molecule has 0 saturated heterocycles. The number of para-hydroxylation sites is 1. The van der Waals surface area contributed by atoms with Crippen LogP contribution in [-0.2, 0) is 31.3 Å². The standard InChI is InChI=1S/C22H25N5O3S2/c1-13-8-9-15-16(10-13)32-21(19(15)20(23)29)24-18(28)12-31-22-26-25-17(27(22)2)11-30-14-6-4-3-5-7-14/h3-7,13H,8-12H2,1-2H3,(H2,23,29)(H,24,28). The van der Waals surface area contributed by atoms with E-state index in [1.807, 2.05) is 37.4 Å². The van der Waals surface area contributed by atoms with Gasteiger partial charge in [0.15, 0.2) is 11.0 Å². The van der Waals surface area contributed by atoms with Crippen molar-refractivity contribution < 1.29 is 14.3 Å². The van der Waals surface area contributed by atoms with E-state index in [1.165, 1.54) is 23.1 Å². The molecule has 10 heteroatoms. The first-order valence-electron chi connectivity index (χ1n) is 10.4. The molecule has 0 bridgehead atoms. The Bertz CT molecular complexity index is 1130. The second-order valence-corrected chi connectivity index (χ2v) is 9.86. The number of benzene rings is 1. The fraction of sp³-hybridized carbons (Fsp3) is 0.364. The van der Waals surface area contributed by atoms with Crippen molar-refractivity contribution in [1.29, 1.82) is 0 Å². The van der Waals surface area contributed by atoms with Crippen LogP contribution in [0.5, 0.6) is 5.75 Å². The number of thiophene rings is 1. The van der Waals surface area contributed by atoms with E-state index in [0.29, 0.717) is 27.5 Å². The number of fused-ring (bicyclic) bond motifs is 1. The highest BCUT2D eigenvalue weighted by atomic mass is 32.2.